The maximum atomic E-state index is 11.9. The van der Waals surface area contributed by atoms with E-state index in [9.17, 15) is 13.0 Å². The highest BCUT2D eigenvalue weighted by molar-refractivity contribution is 7.86. The molecule has 7 atom stereocenters. The van der Waals surface area contributed by atoms with Gasteiger partial charge in [0.25, 0.3) is 10.1 Å². The summed E-state index contributed by atoms with van der Waals surface area (Å²) in [5.74, 6) is 1.90. The summed E-state index contributed by atoms with van der Waals surface area (Å²) in [7, 11) is -4.06. The first kappa shape index (κ1) is 16.3. The van der Waals surface area contributed by atoms with Crippen molar-refractivity contribution in [2.24, 2.45) is 21.8 Å². The van der Waals surface area contributed by atoms with Crippen molar-refractivity contribution in [2.75, 3.05) is 0 Å². The molecule has 0 spiro atoms. The van der Waals surface area contributed by atoms with Crippen molar-refractivity contribution in [3.8, 4) is 0 Å². The summed E-state index contributed by atoms with van der Waals surface area (Å²) < 4.78 is 33.4. The van der Waals surface area contributed by atoms with E-state index in [1.54, 1.807) is 0 Å². The molecule has 2 aliphatic carbocycles. The number of nitrogens with zero attached hydrogens (tertiary/aromatic N) is 2. The number of hydrogen-bond acceptors (Lipinski definition) is 6. The van der Waals surface area contributed by atoms with Crippen LogP contribution in [-0.4, -0.2) is 54.1 Å². The summed E-state index contributed by atoms with van der Waals surface area (Å²) in [6.07, 6.45) is 4.09. The Bertz CT molecular complexity index is 689. The summed E-state index contributed by atoms with van der Waals surface area (Å²) in [6, 6.07) is 1.05. The van der Waals surface area contributed by atoms with Crippen LogP contribution in [-0.2, 0) is 10.1 Å². The van der Waals surface area contributed by atoms with Gasteiger partial charge in [-0.3, -0.25) is 14.5 Å². The molecule has 0 saturated heterocycles. The Kier molecular flexibility index (Phi) is 3.87. The molecule has 8 heteroatoms. The Morgan fingerprint density at radius 2 is 1.75 bits per heavy atom. The second-order valence-corrected chi connectivity index (χ2v) is 9.55. The van der Waals surface area contributed by atoms with Crippen molar-refractivity contribution >= 4 is 21.8 Å². The molecule has 7 nitrogen and oxygen atoms in total. The van der Waals surface area contributed by atoms with Crippen LogP contribution in [0.25, 0.3) is 0 Å². The fraction of sp³-hybridized carbons (Fsp3) is 0.875. The smallest absolute Gasteiger partial charge is 0.268 e. The topological polar surface area (TPSA) is 103 Å². The van der Waals surface area contributed by atoms with Crippen molar-refractivity contribution in [2.45, 2.75) is 75.4 Å². The minimum atomic E-state index is -4.06. The molecule has 3 N–H and O–H groups in total. The van der Waals surface area contributed by atoms with Crippen LogP contribution in [0.3, 0.4) is 0 Å². The highest BCUT2D eigenvalue weighted by atomic mass is 32.2. The molecule has 0 bridgehead atoms. The molecular formula is C16H26N4O3S. The van der Waals surface area contributed by atoms with Crippen molar-refractivity contribution in [1.29, 1.82) is 0 Å². The lowest BCUT2D eigenvalue weighted by Gasteiger charge is -2.34. The van der Waals surface area contributed by atoms with Crippen LogP contribution in [0.15, 0.2) is 9.98 Å². The number of rotatable bonds is 2. The highest BCUT2D eigenvalue weighted by Gasteiger charge is 2.47. The van der Waals surface area contributed by atoms with E-state index in [1.807, 2.05) is 13.8 Å². The molecule has 0 radical (unpaired) electrons. The minimum absolute atomic E-state index is 0.166. The molecule has 0 aromatic carbocycles. The Morgan fingerprint density at radius 1 is 1.04 bits per heavy atom. The second-order valence-electron chi connectivity index (χ2n) is 7.91. The van der Waals surface area contributed by atoms with E-state index in [0.717, 1.165) is 37.4 Å². The molecule has 24 heavy (non-hydrogen) atoms. The zero-order valence-corrected chi connectivity index (χ0v) is 15.0. The number of aliphatic imine (C=N–C) groups is 2. The van der Waals surface area contributed by atoms with Crippen LogP contribution in [0.1, 0.15) is 46.0 Å². The molecular weight excluding hydrogens is 328 g/mol. The fourth-order valence-corrected chi connectivity index (χ4v) is 6.14. The van der Waals surface area contributed by atoms with Gasteiger partial charge in [-0.25, -0.2) is 0 Å². The van der Waals surface area contributed by atoms with Gasteiger partial charge in [0.2, 0.25) is 0 Å². The maximum absolute atomic E-state index is 11.9. The Balaban J connectivity index is 1.54. The molecule has 2 saturated carbocycles. The SMILES string of the molecule is CC1=NC2CC3N=C(C4CCC(C)CC4S(=O)(=O)O)NC3CC2N1. The summed E-state index contributed by atoms with van der Waals surface area (Å²) in [5, 5.41) is 6.18. The molecule has 0 aromatic rings. The lowest BCUT2D eigenvalue weighted by molar-refractivity contribution is 0.306. The van der Waals surface area contributed by atoms with Gasteiger partial charge < -0.3 is 10.6 Å². The van der Waals surface area contributed by atoms with E-state index < -0.39 is 15.4 Å². The van der Waals surface area contributed by atoms with Gasteiger partial charge in [-0.2, -0.15) is 8.42 Å². The molecule has 2 aliphatic heterocycles. The maximum Gasteiger partial charge on any atom is 0.268 e. The van der Waals surface area contributed by atoms with E-state index in [2.05, 4.69) is 15.6 Å². The van der Waals surface area contributed by atoms with Crippen LogP contribution in [0, 0.1) is 11.8 Å². The van der Waals surface area contributed by atoms with E-state index in [-0.39, 0.29) is 24.0 Å². The fourth-order valence-electron chi connectivity index (χ4n) is 4.89. The second kappa shape index (κ2) is 5.69. The number of hydrogen-bond donors (Lipinski definition) is 3. The highest BCUT2D eigenvalue weighted by Crippen LogP contribution is 2.37. The monoisotopic (exact) mass is 354 g/mol. The van der Waals surface area contributed by atoms with Crippen LogP contribution >= 0.6 is 0 Å². The van der Waals surface area contributed by atoms with Gasteiger partial charge >= 0.3 is 0 Å². The number of nitrogens with one attached hydrogen (secondary N) is 2. The van der Waals surface area contributed by atoms with Gasteiger partial charge in [0.05, 0.1) is 35.3 Å². The molecule has 0 amide bonds. The summed E-state index contributed by atoms with van der Waals surface area (Å²) >= 11 is 0. The van der Waals surface area contributed by atoms with Gasteiger partial charge in [0, 0.05) is 5.92 Å². The van der Waals surface area contributed by atoms with Crippen LogP contribution in [0.2, 0.25) is 0 Å². The number of amidine groups is 2. The van der Waals surface area contributed by atoms with Gasteiger partial charge in [-0.15, -0.1) is 0 Å². The molecule has 7 unspecified atom stereocenters. The summed E-state index contributed by atoms with van der Waals surface area (Å²) in [4.78, 5) is 9.49. The van der Waals surface area contributed by atoms with Crippen molar-refractivity contribution in [3.63, 3.8) is 0 Å². The lowest BCUT2D eigenvalue weighted by Crippen LogP contribution is -2.51. The lowest BCUT2D eigenvalue weighted by atomic mass is 9.81. The Morgan fingerprint density at radius 3 is 2.50 bits per heavy atom. The predicted molar refractivity (Wildman–Crippen MR) is 93.0 cm³/mol. The quantitative estimate of drug-likeness (QED) is 0.641. The number of fused-ring (bicyclic) bond motifs is 2. The van der Waals surface area contributed by atoms with E-state index >= 15 is 0 Å². The first-order valence-electron chi connectivity index (χ1n) is 8.92. The third-order valence-electron chi connectivity index (χ3n) is 6.10. The van der Waals surface area contributed by atoms with Crippen molar-refractivity contribution < 1.29 is 13.0 Å². The summed E-state index contributed by atoms with van der Waals surface area (Å²) in [5.41, 5.74) is 0. The molecule has 2 heterocycles. The zero-order chi connectivity index (χ0) is 17.1. The standard InChI is InChI=1S/C16H26N4O3S/c1-8-3-4-10(15(5-8)24(21,22)23)16-19-13-6-11-12(7-14(13)20-16)18-9(2)17-11/h8,10-15H,3-7H2,1-2H3,(H,17,18)(H,19,20)(H,21,22,23). The first-order chi connectivity index (χ1) is 11.3. The van der Waals surface area contributed by atoms with Gasteiger partial charge in [-0.1, -0.05) is 6.92 Å². The third kappa shape index (κ3) is 2.83. The zero-order valence-electron chi connectivity index (χ0n) is 14.1. The average Bonchev–Trinajstić information content (AvgIpc) is 3.04. The van der Waals surface area contributed by atoms with E-state index in [0.29, 0.717) is 18.4 Å². The normalized spacial score (nSPS) is 44.7. The summed E-state index contributed by atoms with van der Waals surface area (Å²) in [6.45, 7) is 4.04. The third-order valence-corrected chi connectivity index (χ3v) is 7.39. The van der Waals surface area contributed by atoms with E-state index in [4.69, 9.17) is 4.99 Å². The van der Waals surface area contributed by atoms with Crippen LogP contribution < -0.4 is 10.6 Å². The largest absolute Gasteiger partial charge is 0.369 e. The molecule has 0 aromatic heterocycles. The van der Waals surface area contributed by atoms with Crippen LogP contribution in [0.5, 0.6) is 0 Å². The average molecular weight is 354 g/mol. The van der Waals surface area contributed by atoms with Crippen LogP contribution in [0.4, 0.5) is 0 Å². The predicted octanol–water partition coefficient (Wildman–Crippen LogP) is 0.971. The molecule has 4 aliphatic rings. The van der Waals surface area contributed by atoms with E-state index in [1.165, 1.54) is 0 Å². The Hall–Kier alpha value is -1.15. The van der Waals surface area contributed by atoms with Gasteiger partial charge in [0.1, 0.15) is 5.84 Å². The van der Waals surface area contributed by atoms with Crippen molar-refractivity contribution in [1.82, 2.24) is 10.6 Å². The van der Waals surface area contributed by atoms with Gasteiger partial charge in [-0.05, 0) is 44.9 Å². The van der Waals surface area contributed by atoms with Crippen molar-refractivity contribution in [3.05, 3.63) is 0 Å². The molecule has 134 valence electrons. The molecule has 4 rings (SSSR count). The minimum Gasteiger partial charge on any atom is -0.369 e. The van der Waals surface area contributed by atoms with Gasteiger partial charge in [0.15, 0.2) is 0 Å². The first-order valence-corrected chi connectivity index (χ1v) is 10.4. The molecule has 2 fully saturated rings. The Labute approximate surface area is 143 Å².